The summed E-state index contributed by atoms with van der Waals surface area (Å²) in [5, 5.41) is 13.5. The first-order chi connectivity index (χ1) is 14.5. The van der Waals surface area contributed by atoms with Crippen LogP contribution in [0.25, 0.3) is 5.57 Å². The Bertz CT molecular complexity index is 919. The number of hydrogen-bond donors (Lipinski definition) is 1. The van der Waals surface area contributed by atoms with Crippen LogP contribution in [0, 0.1) is 5.92 Å². The van der Waals surface area contributed by atoms with E-state index in [9.17, 15) is 5.21 Å². The summed E-state index contributed by atoms with van der Waals surface area (Å²) in [6.45, 7) is 5.75. The summed E-state index contributed by atoms with van der Waals surface area (Å²) in [4.78, 5) is 6.35. The molecule has 0 amide bonds. The predicted octanol–water partition coefficient (Wildman–Crippen LogP) is 4.93. The maximum absolute atomic E-state index is 9.83. The number of anilines is 1. The van der Waals surface area contributed by atoms with Gasteiger partial charge in [-0.25, -0.2) is 0 Å². The minimum Gasteiger partial charge on any atom is -0.411 e. The van der Waals surface area contributed by atoms with E-state index in [2.05, 4.69) is 71.5 Å². The number of pyridine rings is 1. The summed E-state index contributed by atoms with van der Waals surface area (Å²) in [7, 11) is 3.78. The van der Waals surface area contributed by atoms with Crippen molar-refractivity contribution in [2.24, 2.45) is 11.1 Å². The molecule has 1 aliphatic carbocycles. The largest absolute Gasteiger partial charge is 0.411 e. The van der Waals surface area contributed by atoms with Crippen molar-refractivity contribution in [3.8, 4) is 0 Å². The number of nitrogens with zero attached hydrogens (tertiary/aromatic N) is 3. The SMILES string of the molecule is CCC(=NO)C1C(c2ccc(N(C)CCOC)cc2)=CC=CC1(C)c1ccncc1. The van der Waals surface area contributed by atoms with Crippen molar-refractivity contribution < 1.29 is 9.94 Å². The lowest BCUT2D eigenvalue weighted by Crippen LogP contribution is -2.38. The first-order valence-corrected chi connectivity index (χ1v) is 10.4. The van der Waals surface area contributed by atoms with E-state index in [0.717, 1.165) is 34.6 Å². The molecule has 5 heteroatoms. The molecule has 2 unspecified atom stereocenters. The highest BCUT2D eigenvalue weighted by atomic mass is 16.5. The zero-order valence-corrected chi connectivity index (χ0v) is 18.2. The molecule has 1 aromatic carbocycles. The number of likely N-dealkylation sites (N-methyl/N-ethyl adjacent to an activating group) is 1. The van der Waals surface area contributed by atoms with E-state index in [0.29, 0.717) is 13.0 Å². The number of aromatic nitrogens is 1. The Labute approximate surface area is 179 Å². The topological polar surface area (TPSA) is 58.0 Å². The number of allylic oxidation sites excluding steroid dienone is 4. The lowest BCUT2D eigenvalue weighted by Gasteiger charge is -2.40. The highest BCUT2D eigenvalue weighted by molar-refractivity contribution is 5.99. The molecule has 0 saturated heterocycles. The third kappa shape index (κ3) is 4.31. The molecule has 3 rings (SSSR count). The third-order valence-corrected chi connectivity index (χ3v) is 6.03. The van der Waals surface area contributed by atoms with Gasteiger partial charge in [-0.05, 0) is 47.4 Å². The molecule has 5 nitrogen and oxygen atoms in total. The fourth-order valence-electron chi connectivity index (χ4n) is 4.23. The molecular weight excluding hydrogens is 374 g/mol. The summed E-state index contributed by atoms with van der Waals surface area (Å²) in [6.07, 6.45) is 10.7. The van der Waals surface area contributed by atoms with Gasteiger partial charge in [-0.1, -0.05) is 49.4 Å². The summed E-state index contributed by atoms with van der Waals surface area (Å²) in [5.41, 5.74) is 5.00. The van der Waals surface area contributed by atoms with Crippen LogP contribution in [0.5, 0.6) is 0 Å². The molecule has 1 aromatic heterocycles. The van der Waals surface area contributed by atoms with Gasteiger partial charge in [0, 0.05) is 50.1 Å². The van der Waals surface area contributed by atoms with Crippen molar-refractivity contribution in [2.75, 3.05) is 32.2 Å². The van der Waals surface area contributed by atoms with E-state index >= 15 is 0 Å². The molecule has 2 atom stereocenters. The second kappa shape index (κ2) is 9.72. The van der Waals surface area contributed by atoms with Gasteiger partial charge in [0.05, 0.1) is 12.3 Å². The van der Waals surface area contributed by atoms with Crippen LogP contribution in [0.4, 0.5) is 5.69 Å². The van der Waals surface area contributed by atoms with Crippen LogP contribution in [0.3, 0.4) is 0 Å². The molecule has 0 saturated carbocycles. The average molecular weight is 406 g/mol. The fourth-order valence-corrected chi connectivity index (χ4v) is 4.23. The van der Waals surface area contributed by atoms with E-state index < -0.39 is 0 Å². The Kier molecular flexibility index (Phi) is 7.06. The lowest BCUT2D eigenvalue weighted by atomic mass is 9.63. The van der Waals surface area contributed by atoms with E-state index in [-0.39, 0.29) is 11.3 Å². The normalized spacial score (nSPS) is 21.4. The first-order valence-electron chi connectivity index (χ1n) is 10.4. The number of hydrogen-bond acceptors (Lipinski definition) is 5. The third-order valence-electron chi connectivity index (χ3n) is 6.03. The van der Waals surface area contributed by atoms with Crippen molar-refractivity contribution in [3.05, 3.63) is 78.1 Å². The Morgan fingerprint density at radius 3 is 2.50 bits per heavy atom. The zero-order chi connectivity index (χ0) is 21.6. The van der Waals surface area contributed by atoms with Crippen LogP contribution in [0.2, 0.25) is 0 Å². The molecule has 0 aliphatic heterocycles. The predicted molar refractivity (Wildman–Crippen MR) is 123 cm³/mol. The summed E-state index contributed by atoms with van der Waals surface area (Å²) >= 11 is 0. The molecule has 2 aromatic rings. The summed E-state index contributed by atoms with van der Waals surface area (Å²) in [5.74, 6) is -0.0722. The maximum Gasteiger partial charge on any atom is 0.0654 e. The van der Waals surface area contributed by atoms with Crippen LogP contribution in [0.15, 0.2) is 72.2 Å². The van der Waals surface area contributed by atoms with E-state index in [1.54, 1.807) is 7.11 Å². The van der Waals surface area contributed by atoms with Crippen LogP contribution in [0.1, 0.15) is 31.4 Å². The fraction of sp³-hybridized carbons (Fsp3) is 0.360. The highest BCUT2D eigenvalue weighted by Gasteiger charge is 2.41. The molecule has 30 heavy (non-hydrogen) atoms. The van der Waals surface area contributed by atoms with Crippen molar-refractivity contribution in [2.45, 2.75) is 25.7 Å². The number of rotatable bonds is 8. The number of oxime groups is 1. The Morgan fingerprint density at radius 1 is 1.20 bits per heavy atom. The van der Waals surface area contributed by atoms with Gasteiger partial charge in [-0.15, -0.1) is 0 Å². The van der Waals surface area contributed by atoms with Crippen molar-refractivity contribution >= 4 is 17.0 Å². The number of benzene rings is 1. The average Bonchev–Trinajstić information content (AvgIpc) is 2.80. The number of methoxy groups -OCH3 is 1. The van der Waals surface area contributed by atoms with Gasteiger partial charge in [-0.2, -0.15) is 0 Å². The van der Waals surface area contributed by atoms with Gasteiger partial charge in [0.1, 0.15) is 0 Å². The van der Waals surface area contributed by atoms with Crippen LogP contribution >= 0.6 is 0 Å². The second-order valence-corrected chi connectivity index (χ2v) is 7.84. The van der Waals surface area contributed by atoms with Gasteiger partial charge in [0.2, 0.25) is 0 Å². The smallest absolute Gasteiger partial charge is 0.0654 e. The summed E-state index contributed by atoms with van der Waals surface area (Å²) < 4.78 is 5.18. The second-order valence-electron chi connectivity index (χ2n) is 7.84. The van der Waals surface area contributed by atoms with Crippen LogP contribution in [-0.4, -0.2) is 43.2 Å². The molecule has 0 radical (unpaired) electrons. The molecule has 158 valence electrons. The Morgan fingerprint density at radius 2 is 1.90 bits per heavy atom. The molecule has 1 N–H and O–H groups in total. The van der Waals surface area contributed by atoms with Crippen LogP contribution in [-0.2, 0) is 10.2 Å². The van der Waals surface area contributed by atoms with Gasteiger partial charge in [0.25, 0.3) is 0 Å². The molecule has 1 heterocycles. The zero-order valence-electron chi connectivity index (χ0n) is 18.2. The van der Waals surface area contributed by atoms with Crippen molar-refractivity contribution in [1.82, 2.24) is 4.98 Å². The standard InChI is InChI=1S/C25H31N3O2/c1-5-23(27-29)24-22(7-6-14-25(24,2)20-12-15-26-16-13-20)19-8-10-21(11-9-19)28(3)17-18-30-4/h6-16,24,29H,5,17-18H2,1-4H3. The van der Waals surface area contributed by atoms with Gasteiger partial charge < -0.3 is 14.8 Å². The van der Waals surface area contributed by atoms with E-state index in [1.807, 2.05) is 31.5 Å². The van der Waals surface area contributed by atoms with Crippen LogP contribution < -0.4 is 4.90 Å². The quantitative estimate of drug-likeness (QED) is 0.384. The molecule has 0 spiro atoms. The maximum atomic E-state index is 9.83. The van der Waals surface area contributed by atoms with E-state index in [4.69, 9.17) is 4.74 Å². The van der Waals surface area contributed by atoms with Crippen molar-refractivity contribution in [3.63, 3.8) is 0 Å². The van der Waals surface area contributed by atoms with E-state index in [1.165, 1.54) is 0 Å². The molecule has 0 bridgehead atoms. The minimum atomic E-state index is -0.335. The molecule has 1 aliphatic rings. The summed E-state index contributed by atoms with van der Waals surface area (Å²) in [6, 6.07) is 12.6. The van der Waals surface area contributed by atoms with Crippen molar-refractivity contribution in [1.29, 1.82) is 0 Å². The van der Waals surface area contributed by atoms with Gasteiger partial charge >= 0.3 is 0 Å². The molecule has 0 fully saturated rings. The Hall–Kier alpha value is -2.92. The minimum absolute atomic E-state index is 0.0722. The first kappa shape index (κ1) is 21.8. The monoisotopic (exact) mass is 405 g/mol. The van der Waals surface area contributed by atoms with Gasteiger partial charge in [-0.3, -0.25) is 4.98 Å². The molecular formula is C25H31N3O2. The lowest BCUT2D eigenvalue weighted by molar-refractivity contribution is 0.206. The highest BCUT2D eigenvalue weighted by Crippen LogP contribution is 2.45. The Balaban J connectivity index is 2.00. The number of ether oxygens (including phenoxy) is 1. The van der Waals surface area contributed by atoms with Gasteiger partial charge in [0.15, 0.2) is 0 Å².